The molecule has 0 aromatic heterocycles. The number of benzene rings is 1. The molecule has 14 heavy (non-hydrogen) atoms. The van der Waals surface area contributed by atoms with Crippen LogP contribution in [0.2, 0.25) is 0 Å². The Morgan fingerprint density at radius 2 is 2.07 bits per heavy atom. The standard InChI is InChI=1S/C11H15NO2/c1-9(7-11(13)14)12-8-10-5-3-2-4-6-10/h2-6,9,12H,7-8H2,1H3,(H,13,14)/t9-/m1/s1. The highest BCUT2D eigenvalue weighted by Gasteiger charge is 2.04. The number of hydrogen-bond acceptors (Lipinski definition) is 2. The van der Waals surface area contributed by atoms with Crippen LogP contribution in [-0.4, -0.2) is 12.0 Å². The molecule has 0 radical (unpaired) electrons. The van der Waals surface area contributed by atoms with E-state index >= 15 is 0 Å². The minimum absolute atomic E-state index is 0.0696. The Hall–Kier alpha value is -1.35. The Morgan fingerprint density at radius 3 is 2.64 bits per heavy atom. The van der Waals surface area contributed by atoms with Gasteiger partial charge in [-0.3, -0.25) is 0 Å². The molecular formula is C11H15NO2. The van der Waals surface area contributed by atoms with Crippen molar-refractivity contribution < 1.29 is 15.2 Å². The Kier molecular flexibility index (Phi) is 4.13. The lowest BCUT2D eigenvalue weighted by Gasteiger charge is -2.10. The van der Waals surface area contributed by atoms with Crippen molar-refractivity contribution in [1.29, 1.82) is 0 Å². The van der Waals surface area contributed by atoms with Crippen LogP contribution < -0.4 is 10.4 Å². The molecule has 0 bridgehead atoms. The summed E-state index contributed by atoms with van der Waals surface area (Å²) in [5, 5.41) is 12.3. The number of nitrogens with two attached hydrogens (primary N) is 1. The lowest BCUT2D eigenvalue weighted by Crippen LogP contribution is -2.88. The molecule has 0 unspecified atom stereocenters. The maximum absolute atomic E-state index is 10.3. The molecule has 76 valence electrons. The lowest BCUT2D eigenvalue weighted by atomic mass is 10.2. The quantitative estimate of drug-likeness (QED) is 0.671. The van der Waals surface area contributed by atoms with Gasteiger partial charge >= 0.3 is 0 Å². The van der Waals surface area contributed by atoms with E-state index in [1.807, 2.05) is 42.6 Å². The van der Waals surface area contributed by atoms with E-state index in [1.165, 1.54) is 5.56 Å². The van der Waals surface area contributed by atoms with Crippen LogP contribution in [0.25, 0.3) is 0 Å². The number of carbonyl (C=O) groups excluding carboxylic acids is 1. The zero-order chi connectivity index (χ0) is 10.4. The molecule has 0 saturated carbocycles. The third-order valence-electron chi connectivity index (χ3n) is 2.09. The maximum Gasteiger partial charge on any atom is 0.101 e. The van der Waals surface area contributed by atoms with E-state index in [0.717, 1.165) is 6.54 Å². The summed E-state index contributed by atoms with van der Waals surface area (Å²) in [4.78, 5) is 10.3. The van der Waals surface area contributed by atoms with E-state index < -0.39 is 5.97 Å². The predicted molar refractivity (Wildman–Crippen MR) is 51.2 cm³/mol. The molecule has 3 heteroatoms. The summed E-state index contributed by atoms with van der Waals surface area (Å²) in [5.41, 5.74) is 1.21. The van der Waals surface area contributed by atoms with Crippen LogP contribution in [-0.2, 0) is 11.3 Å². The van der Waals surface area contributed by atoms with Crippen LogP contribution in [0.3, 0.4) is 0 Å². The van der Waals surface area contributed by atoms with Crippen LogP contribution in [0, 0.1) is 0 Å². The van der Waals surface area contributed by atoms with Gasteiger partial charge in [-0.15, -0.1) is 0 Å². The Balaban J connectivity index is 2.30. The fourth-order valence-electron chi connectivity index (χ4n) is 1.30. The van der Waals surface area contributed by atoms with Crippen molar-refractivity contribution in [2.45, 2.75) is 25.9 Å². The van der Waals surface area contributed by atoms with Crippen LogP contribution in [0.15, 0.2) is 30.3 Å². The van der Waals surface area contributed by atoms with Gasteiger partial charge < -0.3 is 15.2 Å². The topological polar surface area (TPSA) is 56.7 Å². The molecule has 0 spiro atoms. The third-order valence-corrected chi connectivity index (χ3v) is 2.09. The summed E-state index contributed by atoms with van der Waals surface area (Å²) >= 11 is 0. The van der Waals surface area contributed by atoms with E-state index in [4.69, 9.17) is 0 Å². The first-order valence-electron chi connectivity index (χ1n) is 4.75. The highest BCUT2D eigenvalue weighted by molar-refractivity contribution is 5.64. The summed E-state index contributed by atoms with van der Waals surface area (Å²) in [6.45, 7) is 2.70. The highest BCUT2D eigenvalue weighted by Crippen LogP contribution is 1.95. The number of aliphatic carboxylic acids is 1. The van der Waals surface area contributed by atoms with Gasteiger partial charge in [0.2, 0.25) is 0 Å². The second kappa shape index (κ2) is 5.40. The Morgan fingerprint density at radius 1 is 1.43 bits per heavy atom. The van der Waals surface area contributed by atoms with Gasteiger partial charge in [-0.05, 0) is 6.92 Å². The van der Waals surface area contributed by atoms with Crippen molar-refractivity contribution in [2.24, 2.45) is 0 Å². The molecule has 3 nitrogen and oxygen atoms in total. The predicted octanol–water partition coefficient (Wildman–Crippen LogP) is -0.721. The molecule has 2 N–H and O–H groups in total. The molecule has 1 aromatic rings. The first-order chi connectivity index (χ1) is 6.68. The molecule has 0 aliphatic heterocycles. The van der Waals surface area contributed by atoms with Crippen molar-refractivity contribution in [3.8, 4) is 0 Å². The summed E-state index contributed by atoms with van der Waals surface area (Å²) in [6, 6.07) is 10.1. The molecule has 1 aromatic carbocycles. The van der Waals surface area contributed by atoms with Gasteiger partial charge in [-0.25, -0.2) is 0 Å². The van der Waals surface area contributed by atoms with Crippen LogP contribution in [0.4, 0.5) is 0 Å². The number of rotatable bonds is 5. The van der Waals surface area contributed by atoms with E-state index in [-0.39, 0.29) is 12.5 Å². The molecule has 0 aliphatic rings. The minimum Gasteiger partial charge on any atom is -0.550 e. The minimum atomic E-state index is -0.984. The first-order valence-corrected chi connectivity index (χ1v) is 4.75. The normalized spacial score (nSPS) is 12.4. The van der Waals surface area contributed by atoms with E-state index in [0.29, 0.717) is 0 Å². The third kappa shape index (κ3) is 4.05. The summed E-state index contributed by atoms with van der Waals surface area (Å²) < 4.78 is 0. The number of carbonyl (C=O) groups is 1. The van der Waals surface area contributed by atoms with Gasteiger partial charge in [0.05, 0.1) is 6.04 Å². The van der Waals surface area contributed by atoms with Crippen molar-refractivity contribution in [1.82, 2.24) is 0 Å². The number of quaternary nitrogens is 1. The van der Waals surface area contributed by atoms with Gasteiger partial charge in [0, 0.05) is 18.0 Å². The highest BCUT2D eigenvalue weighted by atomic mass is 16.4. The number of hydrogen-bond donors (Lipinski definition) is 1. The van der Waals surface area contributed by atoms with E-state index in [1.54, 1.807) is 0 Å². The monoisotopic (exact) mass is 193 g/mol. The van der Waals surface area contributed by atoms with Crippen molar-refractivity contribution in [3.63, 3.8) is 0 Å². The Labute approximate surface area is 83.8 Å². The number of carboxylic acid groups (broad SMARTS) is 1. The van der Waals surface area contributed by atoms with E-state index in [2.05, 4.69) is 0 Å². The molecule has 1 rings (SSSR count). The molecule has 0 heterocycles. The molecule has 0 amide bonds. The summed E-state index contributed by atoms with van der Waals surface area (Å²) in [7, 11) is 0. The van der Waals surface area contributed by atoms with Crippen molar-refractivity contribution in [2.75, 3.05) is 0 Å². The SMILES string of the molecule is C[C@H](CC(=O)[O-])[NH2+]Cc1ccccc1. The zero-order valence-corrected chi connectivity index (χ0v) is 8.27. The lowest BCUT2D eigenvalue weighted by molar-refractivity contribution is -0.701. The second-order valence-corrected chi connectivity index (χ2v) is 3.48. The fourth-order valence-corrected chi connectivity index (χ4v) is 1.30. The largest absolute Gasteiger partial charge is 0.550 e. The van der Waals surface area contributed by atoms with Crippen molar-refractivity contribution in [3.05, 3.63) is 35.9 Å². The molecule has 1 atom stereocenters. The molecule has 0 fully saturated rings. The maximum atomic E-state index is 10.3. The van der Waals surface area contributed by atoms with Crippen molar-refractivity contribution >= 4 is 5.97 Å². The zero-order valence-electron chi connectivity index (χ0n) is 8.27. The van der Waals surface area contributed by atoms with Gasteiger partial charge in [-0.2, -0.15) is 0 Å². The molecular weight excluding hydrogens is 178 g/mol. The first kappa shape index (κ1) is 10.7. The van der Waals surface area contributed by atoms with Gasteiger partial charge in [0.1, 0.15) is 6.54 Å². The molecule has 0 saturated heterocycles. The van der Waals surface area contributed by atoms with Gasteiger partial charge in [0.15, 0.2) is 0 Å². The van der Waals surface area contributed by atoms with Crippen LogP contribution >= 0.6 is 0 Å². The summed E-state index contributed by atoms with van der Waals surface area (Å²) in [5.74, 6) is -0.984. The van der Waals surface area contributed by atoms with Crippen LogP contribution in [0.1, 0.15) is 18.9 Å². The smallest absolute Gasteiger partial charge is 0.101 e. The van der Waals surface area contributed by atoms with Gasteiger partial charge in [-0.1, -0.05) is 30.3 Å². The molecule has 0 aliphatic carbocycles. The average molecular weight is 193 g/mol. The van der Waals surface area contributed by atoms with Gasteiger partial charge in [0.25, 0.3) is 0 Å². The fraction of sp³-hybridized carbons (Fsp3) is 0.364. The number of carboxylic acids is 1. The average Bonchev–Trinajstić information content (AvgIpc) is 2.15. The summed E-state index contributed by atoms with van der Waals surface area (Å²) in [6.07, 6.45) is 0.104. The Bertz CT molecular complexity index is 285. The van der Waals surface area contributed by atoms with E-state index in [9.17, 15) is 9.90 Å². The van der Waals surface area contributed by atoms with Crippen LogP contribution in [0.5, 0.6) is 0 Å². The second-order valence-electron chi connectivity index (χ2n) is 3.48.